The van der Waals surface area contributed by atoms with Gasteiger partial charge in [-0.1, -0.05) is 31.4 Å². The minimum atomic E-state index is 0.600. The minimum absolute atomic E-state index is 0.600. The Bertz CT molecular complexity index is 838. The number of ether oxygens (including phenoxy) is 1. The Morgan fingerprint density at radius 1 is 1.14 bits per heavy atom. The molecule has 2 N–H and O–H groups in total. The van der Waals surface area contributed by atoms with Gasteiger partial charge in [0.15, 0.2) is 5.76 Å². The van der Waals surface area contributed by atoms with Crippen LogP contribution in [0.1, 0.15) is 43.5 Å². The van der Waals surface area contributed by atoms with Crippen molar-refractivity contribution in [2.24, 2.45) is 5.92 Å². The van der Waals surface area contributed by atoms with Crippen LogP contribution in [0.25, 0.3) is 11.6 Å². The first kappa shape index (κ1) is 18.7. The second-order valence-corrected chi connectivity index (χ2v) is 7.47. The monoisotopic (exact) mass is 380 g/mol. The Balaban J connectivity index is 1.19. The highest BCUT2D eigenvalue weighted by Crippen LogP contribution is 2.25. The summed E-state index contributed by atoms with van der Waals surface area (Å²) in [4.78, 5) is 4.46. The van der Waals surface area contributed by atoms with Crippen molar-refractivity contribution in [2.45, 2.75) is 45.1 Å². The zero-order valence-corrected chi connectivity index (χ0v) is 16.2. The summed E-state index contributed by atoms with van der Waals surface area (Å²) in [6, 6.07) is 12.1. The van der Waals surface area contributed by atoms with E-state index in [1.165, 1.54) is 37.7 Å². The number of aromatic amines is 1. The summed E-state index contributed by atoms with van der Waals surface area (Å²) in [6.45, 7) is 2.47. The lowest BCUT2D eigenvalue weighted by Gasteiger charge is -2.21. The SMILES string of the molecule is c1cc(CNCCc2nc(-c3ccco3)n[nH]2)cc(OCC2CCCCC2)c1. The minimum Gasteiger partial charge on any atom is -0.493 e. The Kier molecular flexibility index (Phi) is 6.40. The largest absolute Gasteiger partial charge is 0.493 e. The van der Waals surface area contributed by atoms with Crippen LogP contribution in [0.2, 0.25) is 0 Å². The maximum Gasteiger partial charge on any atom is 0.216 e. The Hall–Kier alpha value is -2.60. The van der Waals surface area contributed by atoms with Crippen LogP contribution < -0.4 is 10.1 Å². The molecule has 1 saturated carbocycles. The van der Waals surface area contributed by atoms with E-state index in [1.807, 2.05) is 12.1 Å². The summed E-state index contributed by atoms with van der Waals surface area (Å²) >= 11 is 0. The molecular formula is C22H28N4O2. The third-order valence-electron chi connectivity index (χ3n) is 5.25. The van der Waals surface area contributed by atoms with Gasteiger partial charge < -0.3 is 14.5 Å². The van der Waals surface area contributed by atoms with E-state index >= 15 is 0 Å². The highest BCUT2D eigenvalue weighted by molar-refractivity contribution is 5.45. The molecule has 3 aromatic rings. The molecule has 0 radical (unpaired) electrons. The van der Waals surface area contributed by atoms with E-state index in [2.05, 4.69) is 44.8 Å². The molecule has 0 bridgehead atoms. The molecule has 0 saturated heterocycles. The van der Waals surface area contributed by atoms with Crippen molar-refractivity contribution in [3.05, 3.63) is 54.0 Å². The van der Waals surface area contributed by atoms with Crippen LogP contribution in [0.3, 0.4) is 0 Å². The molecule has 1 aromatic carbocycles. The number of hydrogen-bond acceptors (Lipinski definition) is 5. The van der Waals surface area contributed by atoms with Gasteiger partial charge in [0.25, 0.3) is 0 Å². The Morgan fingerprint density at radius 3 is 2.93 bits per heavy atom. The fourth-order valence-electron chi connectivity index (χ4n) is 3.68. The number of nitrogens with one attached hydrogen (secondary N) is 2. The lowest BCUT2D eigenvalue weighted by Crippen LogP contribution is -2.17. The molecule has 0 unspecified atom stereocenters. The normalized spacial score (nSPS) is 15.0. The molecule has 28 heavy (non-hydrogen) atoms. The first-order chi connectivity index (χ1) is 13.9. The molecule has 2 heterocycles. The molecule has 0 atom stereocenters. The molecule has 0 amide bonds. The zero-order valence-electron chi connectivity index (χ0n) is 16.2. The molecule has 0 spiro atoms. The van der Waals surface area contributed by atoms with E-state index in [1.54, 1.807) is 6.26 Å². The van der Waals surface area contributed by atoms with Gasteiger partial charge in [-0.3, -0.25) is 5.10 Å². The first-order valence-electron chi connectivity index (χ1n) is 10.2. The third kappa shape index (κ3) is 5.23. The van der Waals surface area contributed by atoms with Crippen LogP contribution in [0.15, 0.2) is 47.1 Å². The van der Waals surface area contributed by atoms with Gasteiger partial charge in [0.1, 0.15) is 11.6 Å². The number of nitrogens with zero attached hydrogens (tertiary/aromatic N) is 2. The Morgan fingerprint density at radius 2 is 2.07 bits per heavy atom. The van der Waals surface area contributed by atoms with E-state index in [9.17, 15) is 0 Å². The summed E-state index contributed by atoms with van der Waals surface area (Å²) in [7, 11) is 0. The second kappa shape index (κ2) is 9.55. The second-order valence-electron chi connectivity index (χ2n) is 7.47. The van der Waals surface area contributed by atoms with E-state index in [0.717, 1.165) is 43.6 Å². The lowest BCUT2D eigenvalue weighted by molar-refractivity contribution is 0.208. The van der Waals surface area contributed by atoms with Crippen LogP contribution in [-0.4, -0.2) is 28.3 Å². The number of H-pyrrole nitrogens is 1. The number of hydrogen-bond donors (Lipinski definition) is 2. The molecule has 4 rings (SSSR count). The van der Waals surface area contributed by atoms with Crippen molar-refractivity contribution < 1.29 is 9.15 Å². The highest BCUT2D eigenvalue weighted by atomic mass is 16.5. The highest BCUT2D eigenvalue weighted by Gasteiger charge is 2.14. The maximum atomic E-state index is 6.04. The van der Waals surface area contributed by atoms with Gasteiger partial charge in [-0.25, -0.2) is 4.98 Å². The van der Waals surface area contributed by atoms with Crippen LogP contribution in [0, 0.1) is 5.92 Å². The van der Waals surface area contributed by atoms with E-state index < -0.39 is 0 Å². The van der Waals surface area contributed by atoms with Crippen molar-refractivity contribution >= 4 is 0 Å². The van der Waals surface area contributed by atoms with Crippen molar-refractivity contribution in [3.63, 3.8) is 0 Å². The Labute approximate surface area is 165 Å². The zero-order chi connectivity index (χ0) is 19.0. The molecule has 1 fully saturated rings. The van der Waals surface area contributed by atoms with Gasteiger partial charge in [-0.2, -0.15) is 5.10 Å². The van der Waals surface area contributed by atoms with Gasteiger partial charge in [-0.15, -0.1) is 0 Å². The average molecular weight is 380 g/mol. The van der Waals surface area contributed by atoms with Crippen molar-refractivity contribution in [2.75, 3.05) is 13.2 Å². The molecule has 1 aliphatic rings. The third-order valence-corrected chi connectivity index (χ3v) is 5.25. The quantitative estimate of drug-likeness (QED) is 0.540. The summed E-state index contributed by atoms with van der Waals surface area (Å²) in [5.74, 6) is 3.83. The molecule has 1 aliphatic carbocycles. The molecule has 2 aromatic heterocycles. The number of rotatable bonds is 9. The molecule has 148 valence electrons. The van der Waals surface area contributed by atoms with Gasteiger partial charge in [0.05, 0.1) is 12.9 Å². The predicted octanol–water partition coefficient (Wildman–Crippen LogP) is 4.36. The maximum absolute atomic E-state index is 6.04. The van der Waals surface area contributed by atoms with Crippen molar-refractivity contribution in [3.8, 4) is 17.3 Å². The molecular weight excluding hydrogens is 352 g/mol. The summed E-state index contributed by atoms with van der Waals surface area (Å²) in [6.07, 6.45) is 9.12. The van der Waals surface area contributed by atoms with Crippen LogP contribution in [0.5, 0.6) is 5.75 Å². The number of benzene rings is 1. The van der Waals surface area contributed by atoms with Crippen molar-refractivity contribution in [1.82, 2.24) is 20.5 Å². The van der Waals surface area contributed by atoms with Crippen molar-refractivity contribution in [1.29, 1.82) is 0 Å². The molecule has 0 aliphatic heterocycles. The van der Waals surface area contributed by atoms with Gasteiger partial charge in [0.2, 0.25) is 5.82 Å². The number of furan rings is 1. The van der Waals surface area contributed by atoms with E-state index in [0.29, 0.717) is 11.6 Å². The molecule has 6 heteroatoms. The standard InChI is InChI=1S/C22H28N4O2/c1-2-6-17(7-3-1)16-28-19-9-4-8-18(14-19)15-23-12-11-21-24-22(26-25-21)20-10-5-13-27-20/h4-5,8-10,13-14,17,23H,1-3,6-7,11-12,15-16H2,(H,24,25,26). The first-order valence-corrected chi connectivity index (χ1v) is 10.2. The molecule has 6 nitrogen and oxygen atoms in total. The fourth-order valence-corrected chi connectivity index (χ4v) is 3.68. The van der Waals surface area contributed by atoms with Gasteiger partial charge in [0, 0.05) is 19.5 Å². The average Bonchev–Trinajstić information content (AvgIpc) is 3.43. The van der Waals surface area contributed by atoms with Crippen LogP contribution in [-0.2, 0) is 13.0 Å². The van der Waals surface area contributed by atoms with Gasteiger partial charge in [-0.05, 0) is 48.6 Å². The summed E-state index contributed by atoms with van der Waals surface area (Å²) in [5, 5.41) is 10.6. The smallest absolute Gasteiger partial charge is 0.216 e. The number of aromatic nitrogens is 3. The van der Waals surface area contributed by atoms with Gasteiger partial charge >= 0.3 is 0 Å². The van der Waals surface area contributed by atoms with Crippen LogP contribution in [0.4, 0.5) is 0 Å². The van der Waals surface area contributed by atoms with E-state index in [4.69, 9.17) is 9.15 Å². The summed E-state index contributed by atoms with van der Waals surface area (Å²) < 4.78 is 11.4. The predicted molar refractivity (Wildman–Crippen MR) is 108 cm³/mol. The van der Waals surface area contributed by atoms with Crippen LogP contribution >= 0.6 is 0 Å². The topological polar surface area (TPSA) is 76.0 Å². The summed E-state index contributed by atoms with van der Waals surface area (Å²) in [5.41, 5.74) is 1.23. The lowest BCUT2D eigenvalue weighted by atomic mass is 9.90. The van der Waals surface area contributed by atoms with E-state index in [-0.39, 0.29) is 0 Å². The fraction of sp³-hybridized carbons (Fsp3) is 0.455.